The lowest BCUT2D eigenvalue weighted by Crippen LogP contribution is -2.47. The first-order chi connectivity index (χ1) is 20.2. The molecule has 5 unspecified atom stereocenters. The van der Waals surface area contributed by atoms with Crippen LogP contribution in [0, 0.1) is 0 Å². The van der Waals surface area contributed by atoms with E-state index in [4.69, 9.17) is 28.4 Å². The second-order valence-corrected chi connectivity index (χ2v) is 9.16. The largest absolute Gasteiger partial charge is 0.458 e. The van der Waals surface area contributed by atoms with E-state index in [9.17, 15) is 24.0 Å². The maximum atomic E-state index is 13.1. The molecule has 0 bridgehead atoms. The van der Waals surface area contributed by atoms with Crippen molar-refractivity contribution in [3.63, 3.8) is 0 Å². The lowest BCUT2D eigenvalue weighted by atomic mass is 10.0. The van der Waals surface area contributed by atoms with E-state index in [1.165, 1.54) is 36.4 Å². The zero-order valence-electron chi connectivity index (χ0n) is 22.7. The minimum atomic E-state index is -1.53. The molecule has 0 radical (unpaired) electrons. The summed E-state index contributed by atoms with van der Waals surface area (Å²) < 4.78 is 33.4. The topological polar surface area (TPSA) is 141 Å². The molecular weight excluding hydrogens is 548 g/mol. The Hall–Kier alpha value is -5.03. The Bertz CT molecular complexity index is 1390. The summed E-state index contributed by atoms with van der Waals surface area (Å²) in [5.74, 6) is -3.90. The van der Waals surface area contributed by atoms with Gasteiger partial charge in [0.1, 0.15) is 12.7 Å². The summed E-state index contributed by atoms with van der Waals surface area (Å²) in [6.07, 6.45) is -7.23. The number of benzene rings is 3. The molecule has 42 heavy (non-hydrogen) atoms. The van der Waals surface area contributed by atoms with E-state index in [0.717, 1.165) is 13.8 Å². The number of hydrogen-bond acceptors (Lipinski definition) is 11. The van der Waals surface area contributed by atoms with Gasteiger partial charge in [-0.25, -0.2) is 14.4 Å². The fourth-order valence-electron chi connectivity index (χ4n) is 4.21. The molecule has 0 N–H and O–H groups in total. The van der Waals surface area contributed by atoms with Gasteiger partial charge in [0.2, 0.25) is 12.4 Å². The van der Waals surface area contributed by atoms with Gasteiger partial charge in [0.15, 0.2) is 12.2 Å². The summed E-state index contributed by atoms with van der Waals surface area (Å²) in [5.41, 5.74) is 0.587. The fraction of sp³-hybridized carbons (Fsp3) is 0.258. The zero-order chi connectivity index (χ0) is 30.1. The van der Waals surface area contributed by atoms with Crippen molar-refractivity contribution in [3.8, 4) is 0 Å². The molecule has 11 heteroatoms. The Morgan fingerprint density at radius 1 is 0.619 bits per heavy atom. The highest BCUT2D eigenvalue weighted by Gasteiger charge is 2.55. The second kappa shape index (κ2) is 14.0. The van der Waals surface area contributed by atoms with Gasteiger partial charge in [-0.3, -0.25) is 9.59 Å². The van der Waals surface area contributed by atoms with E-state index < -0.39 is 67.2 Å². The molecule has 0 spiro atoms. The highest BCUT2D eigenvalue weighted by molar-refractivity contribution is 5.90. The number of carbonyl (C=O) groups excluding carboxylic acids is 5. The van der Waals surface area contributed by atoms with Crippen molar-refractivity contribution in [2.45, 2.75) is 44.6 Å². The fourth-order valence-corrected chi connectivity index (χ4v) is 4.21. The second-order valence-electron chi connectivity index (χ2n) is 9.16. The van der Waals surface area contributed by atoms with Crippen LogP contribution in [-0.4, -0.2) is 67.2 Å². The van der Waals surface area contributed by atoms with Gasteiger partial charge in [-0.05, 0) is 36.4 Å². The SMILES string of the molecule is CC(=O)OC1OC(C(COC(=O)c2ccccc2)OC(=O)c2ccccc2)C(OC(=O)c2ccccc2)C1OC(C)=O. The molecule has 4 rings (SSSR count). The molecular formula is C31H28O11. The first-order valence-electron chi connectivity index (χ1n) is 13.0. The Morgan fingerprint density at radius 3 is 1.60 bits per heavy atom. The van der Waals surface area contributed by atoms with Crippen LogP contribution < -0.4 is 0 Å². The first kappa shape index (κ1) is 29.9. The van der Waals surface area contributed by atoms with Crippen LogP contribution >= 0.6 is 0 Å². The van der Waals surface area contributed by atoms with Gasteiger partial charge in [-0.2, -0.15) is 0 Å². The molecule has 1 saturated heterocycles. The van der Waals surface area contributed by atoms with Crippen molar-refractivity contribution in [3.05, 3.63) is 108 Å². The smallest absolute Gasteiger partial charge is 0.338 e. The summed E-state index contributed by atoms with van der Waals surface area (Å²) >= 11 is 0. The number of hydrogen-bond donors (Lipinski definition) is 0. The molecule has 0 aromatic heterocycles. The van der Waals surface area contributed by atoms with Crippen LogP contribution in [0.4, 0.5) is 0 Å². The van der Waals surface area contributed by atoms with Crippen LogP contribution in [0.15, 0.2) is 91.0 Å². The highest BCUT2D eigenvalue weighted by atomic mass is 16.8. The van der Waals surface area contributed by atoms with E-state index in [0.29, 0.717) is 0 Å². The standard InChI is InChI=1S/C31H28O11/c1-19(32)38-27-26(41-30(36)23-16-10-5-11-17-23)25(42-31(27)39-20(2)33)24(40-29(35)22-14-8-4-9-15-22)18-37-28(34)21-12-6-3-7-13-21/h3-17,24-27,31H,18H2,1-2H3. The van der Waals surface area contributed by atoms with E-state index >= 15 is 0 Å². The third-order valence-electron chi connectivity index (χ3n) is 6.07. The molecule has 0 amide bonds. The van der Waals surface area contributed by atoms with Crippen LogP contribution in [0.2, 0.25) is 0 Å². The highest BCUT2D eigenvalue weighted by Crippen LogP contribution is 2.32. The maximum absolute atomic E-state index is 13.1. The van der Waals surface area contributed by atoms with Crippen molar-refractivity contribution < 1.29 is 52.4 Å². The summed E-state index contributed by atoms with van der Waals surface area (Å²) in [6, 6.07) is 24.1. The van der Waals surface area contributed by atoms with Gasteiger partial charge in [0.25, 0.3) is 0 Å². The molecule has 3 aromatic rings. The number of ether oxygens (including phenoxy) is 6. The molecule has 5 atom stereocenters. The van der Waals surface area contributed by atoms with E-state index in [1.807, 2.05) is 0 Å². The maximum Gasteiger partial charge on any atom is 0.338 e. The summed E-state index contributed by atoms with van der Waals surface area (Å²) in [4.78, 5) is 62.9. The molecule has 1 aliphatic heterocycles. The van der Waals surface area contributed by atoms with E-state index in [1.54, 1.807) is 54.6 Å². The summed E-state index contributed by atoms with van der Waals surface area (Å²) in [7, 11) is 0. The quantitative estimate of drug-likeness (QED) is 0.259. The molecule has 1 heterocycles. The van der Waals surface area contributed by atoms with Gasteiger partial charge in [0, 0.05) is 13.8 Å². The predicted octanol–water partition coefficient (Wildman–Crippen LogP) is 3.51. The normalized spacial score (nSPS) is 20.0. The molecule has 1 fully saturated rings. The summed E-state index contributed by atoms with van der Waals surface area (Å²) in [6.45, 7) is 1.68. The average molecular weight is 577 g/mol. The Balaban J connectivity index is 1.68. The van der Waals surface area contributed by atoms with Crippen LogP contribution in [0.5, 0.6) is 0 Å². The lowest BCUT2D eigenvalue weighted by Gasteiger charge is -2.28. The molecule has 0 aliphatic carbocycles. The molecule has 11 nitrogen and oxygen atoms in total. The van der Waals surface area contributed by atoms with Crippen molar-refractivity contribution in [1.82, 2.24) is 0 Å². The van der Waals surface area contributed by atoms with Crippen LogP contribution in [0.25, 0.3) is 0 Å². The number of esters is 5. The van der Waals surface area contributed by atoms with E-state index in [2.05, 4.69) is 0 Å². The molecule has 3 aromatic carbocycles. The predicted molar refractivity (Wildman–Crippen MR) is 144 cm³/mol. The summed E-state index contributed by atoms with van der Waals surface area (Å²) in [5, 5.41) is 0. The molecule has 1 aliphatic rings. The Kier molecular flexibility index (Phi) is 10.0. The average Bonchev–Trinajstić information content (AvgIpc) is 3.30. The third-order valence-corrected chi connectivity index (χ3v) is 6.07. The van der Waals surface area contributed by atoms with Gasteiger partial charge in [-0.1, -0.05) is 54.6 Å². The Labute approximate surface area is 241 Å². The van der Waals surface area contributed by atoms with Crippen LogP contribution in [-0.2, 0) is 38.0 Å². The minimum Gasteiger partial charge on any atom is -0.458 e. The van der Waals surface area contributed by atoms with Crippen molar-refractivity contribution in [2.75, 3.05) is 6.61 Å². The van der Waals surface area contributed by atoms with Crippen molar-refractivity contribution in [1.29, 1.82) is 0 Å². The van der Waals surface area contributed by atoms with Crippen LogP contribution in [0.3, 0.4) is 0 Å². The lowest BCUT2D eigenvalue weighted by molar-refractivity contribution is -0.199. The molecule has 0 saturated carbocycles. The minimum absolute atomic E-state index is 0.169. The zero-order valence-corrected chi connectivity index (χ0v) is 22.7. The Morgan fingerprint density at radius 2 is 1.10 bits per heavy atom. The number of rotatable bonds is 10. The van der Waals surface area contributed by atoms with Gasteiger partial charge >= 0.3 is 29.8 Å². The monoisotopic (exact) mass is 576 g/mol. The molecule has 218 valence electrons. The van der Waals surface area contributed by atoms with Gasteiger partial charge in [0.05, 0.1) is 16.7 Å². The van der Waals surface area contributed by atoms with Crippen molar-refractivity contribution >= 4 is 29.8 Å². The third kappa shape index (κ3) is 7.79. The van der Waals surface area contributed by atoms with Crippen LogP contribution in [0.1, 0.15) is 44.9 Å². The van der Waals surface area contributed by atoms with Crippen molar-refractivity contribution in [2.24, 2.45) is 0 Å². The van der Waals surface area contributed by atoms with Gasteiger partial charge in [-0.15, -0.1) is 0 Å². The number of carbonyl (C=O) groups is 5. The first-order valence-corrected chi connectivity index (χ1v) is 13.0. The van der Waals surface area contributed by atoms with Gasteiger partial charge < -0.3 is 28.4 Å². The van der Waals surface area contributed by atoms with E-state index in [-0.39, 0.29) is 16.7 Å².